The molecule has 6 nitrogen and oxygen atoms in total. The molecule has 0 aliphatic heterocycles. The van der Waals surface area contributed by atoms with Crippen LogP contribution in [0.4, 0.5) is 0 Å². The molecular weight excluding hydrogens is 391 g/mol. The third kappa shape index (κ3) is 5.71. The minimum absolute atomic E-state index is 0.138. The average Bonchev–Trinajstić information content (AvgIpc) is 2.90. The summed E-state index contributed by atoms with van der Waals surface area (Å²) in [6, 6.07) is 4.70. The lowest BCUT2D eigenvalue weighted by Crippen LogP contribution is -2.37. The van der Waals surface area contributed by atoms with Crippen molar-refractivity contribution >= 4 is 35.1 Å². The fraction of sp³-hybridized carbons (Fsp3) is 0.421. The summed E-state index contributed by atoms with van der Waals surface area (Å²) in [4.78, 5) is 24.3. The lowest BCUT2D eigenvalue weighted by molar-refractivity contribution is -0.155. The number of esters is 1. The van der Waals surface area contributed by atoms with Crippen LogP contribution in [0.15, 0.2) is 22.7 Å². The molecule has 146 valence electrons. The Morgan fingerprint density at radius 3 is 2.56 bits per heavy atom. The molecule has 0 aliphatic rings. The van der Waals surface area contributed by atoms with E-state index in [0.29, 0.717) is 22.2 Å². The second-order valence-corrected chi connectivity index (χ2v) is 7.17. The minimum atomic E-state index is -0.921. The number of nitrogens with zero attached hydrogens (tertiary/aromatic N) is 1. The molecule has 0 spiro atoms. The zero-order valence-electron chi connectivity index (χ0n) is 15.6. The molecule has 8 heteroatoms. The van der Waals surface area contributed by atoms with E-state index >= 15 is 0 Å². The third-order valence-electron chi connectivity index (χ3n) is 4.23. The van der Waals surface area contributed by atoms with Crippen molar-refractivity contribution in [1.82, 2.24) is 10.5 Å². The van der Waals surface area contributed by atoms with E-state index in [2.05, 4.69) is 10.5 Å². The van der Waals surface area contributed by atoms with Crippen molar-refractivity contribution in [2.45, 2.75) is 52.7 Å². The Kier molecular flexibility index (Phi) is 7.27. The van der Waals surface area contributed by atoms with Crippen molar-refractivity contribution in [2.75, 3.05) is 0 Å². The van der Waals surface area contributed by atoms with Gasteiger partial charge < -0.3 is 14.6 Å². The molecule has 0 aliphatic carbocycles. The number of aromatic nitrogens is 1. The first kappa shape index (κ1) is 21.3. The van der Waals surface area contributed by atoms with Gasteiger partial charge in [0, 0.05) is 22.0 Å². The fourth-order valence-corrected chi connectivity index (χ4v) is 3.23. The number of ether oxygens (including phenoxy) is 1. The summed E-state index contributed by atoms with van der Waals surface area (Å²) >= 11 is 12.0. The SMILES string of the molecule is Cc1noc(C)c1CCC(=O)O[C@@H](C)C(=O)N[C@@H](C)c1ccc(Cl)cc1Cl. The first-order valence-electron chi connectivity index (χ1n) is 8.55. The maximum Gasteiger partial charge on any atom is 0.306 e. The molecule has 1 amide bonds. The van der Waals surface area contributed by atoms with E-state index in [9.17, 15) is 9.59 Å². The number of carbonyl (C=O) groups excluding carboxylic acids is 2. The van der Waals surface area contributed by atoms with Gasteiger partial charge in [0.15, 0.2) is 6.10 Å². The van der Waals surface area contributed by atoms with Gasteiger partial charge in [-0.15, -0.1) is 0 Å². The average molecular weight is 413 g/mol. The van der Waals surface area contributed by atoms with Crippen molar-refractivity contribution in [3.05, 3.63) is 50.8 Å². The van der Waals surface area contributed by atoms with Gasteiger partial charge in [-0.25, -0.2) is 0 Å². The highest BCUT2D eigenvalue weighted by Gasteiger charge is 2.21. The number of halogens is 2. The standard InChI is InChI=1S/C19H22Cl2N2O4/c1-10(16-6-5-14(20)9-17(16)21)22-19(25)13(4)26-18(24)8-7-15-11(2)23-27-12(15)3/h5-6,9-10,13H,7-8H2,1-4H3,(H,22,25)/t10-,13-/m0/s1. The molecule has 1 aromatic heterocycles. The first-order valence-corrected chi connectivity index (χ1v) is 9.31. The number of nitrogens with one attached hydrogen (secondary N) is 1. The summed E-state index contributed by atoms with van der Waals surface area (Å²) in [6.07, 6.45) is -0.333. The molecule has 0 bridgehead atoms. The number of rotatable bonds is 7. The van der Waals surface area contributed by atoms with Crippen LogP contribution < -0.4 is 5.32 Å². The zero-order valence-corrected chi connectivity index (χ0v) is 17.1. The lowest BCUT2D eigenvalue weighted by atomic mass is 10.1. The first-order chi connectivity index (χ1) is 12.7. The van der Waals surface area contributed by atoms with E-state index in [1.54, 1.807) is 32.0 Å². The van der Waals surface area contributed by atoms with Crippen molar-refractivity contribution in [3.8, 4) is 0 Å². The highest BCUT2D eigenvalue weighted by Crippen LogP contribution is 2.26. The summed E-state index contributed by atoms with van der Waals surface area (Å²) in [5.74, 6) is -0.186. The Morgan fingerprint density at radius 2 is 1.96 bits per heavy atom. The van der Waals surface area contributed by atoms with Crippen LogP contribution in [0.5, 0.6) is 0 Å². The van der Waals surface area contributed by atoms with Crippen LogP contribution >= 0.6 is 23.2 Å². The van der Waals surface area contributed by atoms with E-state index in [4.69, 9.17) is 32.5 Å². The minimum Gasteiger partial charge on any atom is -0.453 e. The van der Waals surface area contributed by atoms with Gasteiger partial charge in [0.2, 0.25) is 0 Å². The number of carbonyl (C=O) groups is 2. The van der Waals surface area contributed by atoms with Gasteiger partial charge in [-0.1, -0.05) is 34.4 Å². The van der Waals surface area contributed by atoms with Gasteiger partial charge in [-0.05, 0) is 51.8 Å². The number of aryl methyl sites for hydroxylation is 2. The summed E-state index contributed by atoms with van der Waals surface area (Å²) in [5, 5.41) is 7.60. The van der Waals surface area contributed by atoms with Crippen molar-refractivity contribution in [1.29, 1.82) is 0 Å². The molecule has 0 fully saturated rings. The van der Waals surface area contributed by atoms with E-state index < -0.39 is 18.0 Å². The number of hydrogen-bond donors (Lipinski definition) is 1. The maximum absolute atomic E-state index is 12.3. The second kappa shape index (κ2) is 9.24. The molecule has 0 saturated heterocycles. The Balaban J connectivity index is 1.86. The molecule has 0 saturated carbocycles. The van der Waals surface area contributed by atoms with E-state index in [-0.39, 0.29) is 12.5 Å². The molecule has 1 aromatic carbocycles. The van der Waals surface area contributed by atoms with Gasteiger partial charge >= 0.3 is 5.97 Å². The third-order valence-corrected chi connectivity index (χ3v) is 4.79. The van der Waals surface area contributed by atoms with E-state index in [1.165, 1.54) is 6.92 Å². The van der Waals surface area contributed by atoms with Gasteiger partial charge in [0.05, 0.1) is 11.7 Å². The molecule has 27 heavy (non-hydrogen) atoms. The topological polar surface area (TPSA) is 81.4 Å². The molecule has 2 rings (SSSR count). The Morgan fingerprint density at radius 1 is 1.26 bits per heavy atom. The van der Waals surface area contributed by atoms with Crippen LogP contribution in [0.2, 0.25) is 10.0 Å². The highest BCUT2D eigenvalue weighted by molar-refractivity contribution is 6.35. The number of amides is 1. The second-order valence-electron chi connectivity index (χ2n) is 6.33. The zero-order chi connectivity index (χ0) is 20.1. The van der Waals surface area contributed by atoms with Crippen molar-refractivity contribution < 1.29 is 18.8 Å². The predicted octanol–water partition coefficient (Wildman–Crippen LogP) is 4.34. The molecule has 0 unspecified atom stereocenters. The van der Waals surface area contributed by atoms with Crippen molar-refractivity contribution in [3.63, 3.8) is 0 Å². The Bertz CT molecular complexity index is 816. The molecule has 0 radical (unpaired) electrons. The Hall–Kier alpha value is -2.05. The monoisotopic (exact) mass is 412 g/mol. The van der Waals surface area contributed by atoms with Gasteiger partial charge in [0.1, 0.15) is 5.76 Å². The van der Waals surface area contributed by atoms with Crippen LogP contribution in [0, 0.1) is 13.8 Å². The highest BCUT2D eigenvalue weighted by atomic mass is 35.5. The lowest BCUT2D eigenvalue weighted by Gasteiger charge is -2.19. The maximum atomic E-state index is 12.3. The predicted molar refractivity (Wildman–Crippen MR) is 103 cm³/mol. The van der Waals surface area contributed by atoms with Gasteiger partial charge in [0.25, 0.3) is 5.91 Å². The van der Waals surface area contributed by atoms with Gasteiger partial charge in [-0.3, -0.25) is 9.59 Å². The summed E-state index contributed by atoms with van der Waals surface area (Å²) in [7, 11) is 0. The van der Waals surface area contributed by atoms with E-state index in [0.717, 1.165) is 16.8 Å². The van der Waals surface area contributed by atoms with Gasteiger partial charge in [-0.2, -0.15) is 0 Å². The molecule has 1 heterocycles. The quantitative estimate of drug-likeness (QED) is 0.683. The number of benzene rings is 1. The largest absolute Gasteiger partial charge is 0.453 e. The molecule has 1 N–H and O–H groups in total. The van der Waals surface area contributed by atoms with Crippen LogP contribution in [0.1, 0.15) is 48.9 Å². The van der Waals surface area contributed by atoms with Crippen LogP contribution in [0.25, 0.3) is 0 Å². The van der Waals surface area contributed by atoms with Crippen LogP contribution in [-0.2, 0) is 20.7 Å². The Labute approximate surface area is 168 Å². The molecule has 2 atom stereocenters. The summed E-state index contributed by atoms with van der Waals surface area (Å²) < 4.78 is 10.3. The van der Waals surface area contributed by atoms with Crippen LogP contribution in [-0.4, -0.2) is 23.1 Å². The fourth-order valence-electron chi connectivity index (χ4n) is 2.66. The normalized spacial score (nSPS) is 13.1. The smallest absolute Gasteiger partial charge is 0.306 e. The summed E-state index contributed by atoms with van der Waals surface area (Å²) in [5.41, 5.74) is 2.36. The van der Waals surface area contributed by atoms with Crippen LogP contribution in [0.3, 0.4) is 0 Å². The van der Waals surface area contributed by atoms with E-state index in [1.807, 2.05) is 6.92 Å². The summed E-state index contributed by atoms with van der Waals surface area (Å²) in [6.45, 7) is 6.93. The van der Waals surface area contributed by atoms with Crippen molar-refractivity contribution in [2.24, 2.45) is 0 Å². The molecular formula is C19H22Cl2N2O4. The molecule has 2 aromatic rings. The number of hydrogen-bond acceptors (Lipinski definition) is 5.